The SMILES string of the molecule is CC(C)(C)c1ccc2c(c1)-c1cccc3[n+]1C2=C1c2ccc(C(C)(C)C)cc2-c2cccc([n+]21)C31c2ccccc2-c2ccccc21. The van der Waals surface area contributed by atoms with Crippen LogP contribution in [0.5, 0.6) is 0 Å². The summed E-state index contributed by atoms with van der Waals surface area (Å²) in [7, 11) is 0. The van der Waals surface area contributed by atoms with Crippen molar-refractivity contribution in [1.82, 2.24) is 0 Å². The zero-order valence-electron chi connectivity index (χ0n) is 27.9. The second-order valence-electron chi connectivity index (χ2n) is 15.8. The molecule has 2 nitrogen and oxygen atoms in total. The van der Waals surface area contributed by atoms with E-state index in [1.807, 2.05) is 0 Å². The van der Waals surface area contributed by atoms with E-state index in [4.69, 9.17) is 0 Å². The van der Waals surface area contributed by atoms with Gasteiger partial charge in [0.1, 0.15) is 0 Å². The van der Waals surface area contributed by atoms with Gasteiger partial charge in [-0.1, -0.05) is 102 Å². The molecular weight excluding hydrogens is 569 g/mol. The predicted octanol–water partition coefficient (Wildman–Crippen LogP) is 9.42. The van der Waals surface area contributed by atoms with Gasteiger partial charge < -0.3 is 0 Å². The number of pyridine rings is 2. The van der Waals surface area contributed by atoms with Gasteiger partial charge in [-0.25, -0.2) is 0 Å². The summed E-state index contributed by atoms with van der Waals surface area (Å²) in [5.74, 6) is 0. The first kappa shape index (κ1) is 27.1. The fraction of sp³-hybridized carbons (Fsp3) is 0.200. The third-order valence-electron chi connectivity index (χ3n) is 11.2. The van der Waals surface area contributed by atoms with Crippen LogP contribution in [0.25, 0.3) is 45.0 Å². The lowest BCUT2D eigenvalue weighted by atomic mass is 9.71. The van der Waals surface area contributed by atoms with Crippen LogP contribution in [0, 0.1) is 0 Å². The zero-order valence-corrected chi connectivity index (χ0v) is 27.9. The summed E-state index contributed by atoms with van der Waals surface area (Å²) in [6.45, 7) is 13.9. The smallest absolute Gasteiger partial charge is 0.149 e. The third kappa shape index (κ3) is 3.21. The molecule has 0 atom stereocenters. The van der Waals surface area contributed by atoms with Crippen LogP contribution in [0.3, 0.4) is 0 Å². The summed E-state index contributed by atoms with van der Waals surface area (Å²) in [6, 6.07) is 46.7. The molecule has 226 valence electrons. The van der Waals surface area contributed by atoms with Crippen LogP contribution in [0.4, 0.5) is 0 Å². The van der Waals surface area contributed by atoms with Gasteiger partial charge in [-0.3, -0.25) is 0 Å². The normalized spacial score (nSPS) is 15.5. The van der Waals surface area contributed by atoms with Crippen molar-refractivity contribution < 1.29 is 9.13 Å². The van der Waals surface area contributed by atoms with Crippen LogP contribution in [0.15, 0.2) is 121 Å². The van der Waals surface area contributed by atoms with Crippen molar-refractivity contribution in [3.63, 3.8) is 0 Å². The molecule has 3 aliphatic heterocycles. The summed E-state index contributed by atoms with van der Waals surface area (Å²) in [4.78, 5) is 0. The summed E-state index contributed by atoms with van der Waals surface area (Å²) >= 11 is 0. The highest BCUT2D eigenvalue weighted by molar-refractivity contribution is 5.98. The Balaban J connectivity index is 1.45. The van der Waals surface area contributed by atoms with E-state index >= 15 is 0 Å². The molecule has 0 radical (unpaired) electrons. The van der Waals surface area contributed by atoms with E-state index < -0.39 is 5.41 Å². The van der Waals surface area contributed by atoms with Gasteiger partial charge in [0.2, 0.25) is 22.8 Å². The molecular formula is C45H38N2+2. The molecule has 2 aromatic heterocycles. The summed E-state index contributed by atoms with van der Waals surface area (Å²) in [5, 5.41) is 0. The molecule has 0 unspecified atom stereocenters. The van der Waals surface area contributed by atoms with Gasteiger partial charge in [0, 0.05) is 24.3 Å². The van der Waals surface area contributed by atoms with Crippen LogP contribution >= 0.6 is 0 Å². The Bertz CT molecular complexity index is 2250. The van der Waals surface area contributed by atoms with Crippen molar-refractivity contribution in [3.05, 3.63) is 166 Å². The first-order valence-electron chi connectivity index (χ1n) is 17.0. The van der Waals surface area contributed by atoms with E-state index in [-0.39, 0.29) is 10.8 Å². The number of nitrogens with zero attached hydrogens (tertiary/aromatic N) is 2. The highest BCUT2D eigenvalue weighted by atomic mass is 15.1. The molecule has 1 aliphatic carbocycles. The average Bonchev–Trinajstić information content (AvgIpc) is 3.64. The minimum absolute atomic E-state index is 0.0484. The number of aromatic nitrogens is 2. The van der Waals surface area contributed by atoms with Crippen LogP contribution in [-0.4, -0.2) is 0 Å². The quantitative estimate of drug-likeness (QED) is 0.152. The summed E-state index contributed by atoms with van der Waals surface area (Å²) in [5.41, 5.74) is 20.6. The van der Waals surface area contributed by atoms with Crippen molar-refractivity contribution in [2.45, 2.75) is 57.8 Å². The van der Waals surface area contributed by atoms with Crippen molar-refractivity contribution in [1.29, 1.82) is 0 Å². The van der Waals surface area contributed by atoms with Gasteiger partial charge in [0.25, 0.3) is 11.4 Å². The summed E-state index contributed by atoms with van der Waals surface area (Å²) < 4.78 is 5.27. The van der Waals surface area contributed by atoms with E-state index in [0.717, 1.165) is 0 Å². The van der Waals surface area contributed by atoms with Crippen molar-refractivity contribution in [3.8, 4) is 33.6 Å². The molecule has 1 spiro atoms. The molecule has 0 N–H and O–H groups in total. The number of benzene rings is 4. The first-order valence-corrected chi connectivity index (χ1v) is 17.0. The third-order valence-corrected chi connectivity index (χ3v) is 11.2. The molecule has 0 bridgehead atoms. The lowest BCUT2D eigenvalue weighted by Gasteiger charge is -2.26. The number of hydrogen-bond donors (Lipinski definition) is 0. The van der Waals surface area contributed by atoms with Crippen molar-refractivity contribution in [2.24, 2.45) is 0 Å². The molecule has 4 aliphatic rings. The summed E-state index contributed by atoms with van der Waals surface area (Å²) in [6.07, 6.45) is 0. The van der Waals surface area contributed by atoms with Gasteiger partial charge >= 0.3 is 0 Å². The Hall–Kier alpha value is -5.08. The standard InChI is InChI=1S/C45H38N2/c1-43(2,3)27-21-23-31-33(25-27)37-17-11-19-39-45(35-15-9-7-13-29(35)30-14-8-10-16-36(30)45)40-20-12-18-38-34-26-28(44(4,5)6)22-24-32(34)42(47(38)40)41(31)46(37)39/h7-26H,1-6H3/q+2. The van der Waals surface area contributed by atoms with Crippen LogP contribution < -0.4 is 9.13 Å². The lowest BCUT2D eigenvalue weighted by Crippen LogP contribution is -2.47. The van der Waals surface area contributed by atoms with Crippen LogP contribution in [0.1, 0.15) is 86.3 Å². The first-order chi connectivity index (χ1) is 22.6. The number of hydrogen-bond acceptors (Lipinski definition) is 0. The average molecular weight is 607 g/mol. The minimum atomic E-state index is -0.518. The van der Waals surface area contributed by atoms with E-state index in [9.17, 15) is 0 Å². The fourth-order valence-corrected chi connectivity index (χ4v) is 8.99. The Labute approximate surface area is 277 Å². The maximum Gasteiger partial charge on any atom is 0.292 e. The fourth-order valence-electron chi connectivity index (χ4n) is 8.99. The monoisotopic (exact) mass is 606 g/mol. The van der Waals surface area contributed by atoms with Gasteiger partial charge in [0.05, 0.1) is 22.3 Å². The van der Waals surface area contributed by atoms with Gasteiger partial charge in [0.15, 0.2) is 5.41 Å². The van der Waals surface area contributed by atoms with E-state index in [1.165, 1.54) is 89.8 Å². The molecule has 47 heavy (non-hydrogen) atoms. The van der Waals surface area contributed by atoms with Gasteiger partial charge in [-0.15, -0.1) is 9.13 Å². The van der Waals surface area contributed by atoms with E-state index in [2.05, 4.69) is 172 Å². The zero-order chi connectivity index (χ0) is 32.0. The Morgan fingerprint density at radius 1 is 0.404 bits per heavy atom. The lowest BCUT2D eigenvalue weighted by molar-refractivity contribution is -0.585. The second-order valence-corrected chi connectivity index (χ2v) is 15.8. The maximum absolute atomic E-state index is 2.63. The topological polar surface area (TPSA) is 7.76 Å². The van der Waals surface area contributed by atoms with Gasteiger partial charge in [-0.2, -0.15) is 0 Å². The molecule has 10 rings (SSSR count). The molecule has 2 heteroatoms. The second kappa shape index (κ2) is 8.63. The van der Waals surface area contributed by atoms with Crippen molar-refractivity contribution in [2.75, 3.05) is 0 Å². The molecule has 0 saturated heterocycles. The predicted molar refractivity (Wildman–Crippen MR) is 190 cm³/mol. The van der Waals surface area contributed by atoms with Crippen molar-refractivity contribution >= 4 is 11.4 Å². The van der Waals surface area contributed by atoms with Gasteiger partial charge in [-0.05, 0) is 80.6 Å². The molecule has 4 aromatic carbocycles. The highest BCUT2D eigenvalue weighted by Crippen LogP contribution is 2.58. The van der Waals surface area contributed by atoms with E-state index in [1.54, 1.807) is 0 Å². The van der Waals surface area contributed by atoms with E-state index in [0.29, 0.717) is 0 Å². The minimum Gasteiger partial charge on any atom is -0.149 e. The molecule has 0 saturated carbocycles. The molecule has 5 heterocycles. The Kier molecular flexibility index (Phi) is 4.97. The van der Waals surface area contributed by atoms with Crippen LogP contribution in [-0.2, 0) is 16.2 Å². The number of rotatable bonds is 0. The molecule has 0 fully saturated rings. The highest BCUT2D eigenvalue weighted by Gasteiger charge is 2.63. The maximum atomic E-state index is 2.63. The molecule has 0 amide bonds. The Morgan fingerprint density at radius 2 is 0.830 bits per heavy atom. The largest absolute Gasteiger partial charge is 0.292 e. The van der Waals surface area contributed by atoms with Crippen LogP contribution in [0.2, 0.25) is 0 Å². The Morgan fingerprint density at radius 3 is 1.26 bits per heavy atom. The number of fused-ring (bicyclic) bond motifs is 13. The molecule has 6 aromatic rings.